The quantitative estimate of drug-likeness (QED) is 0.494. The number of hydrogen-bond donors (Lipinski definition) is 1. The number of nitrogens with zero attached hydrogens (tertiary/aromatic N) is 2. The number of carbonyl (C=O) groups is 1. The summed E-state index contributed by atoms with van der Waals surface area (Å²) in [4.78, 5) is 12.3. The van der Waals surface area contributed by atoms with E-state index in [-0.39, 0.29) is 12.5 Å². The van der Waals surface area contributed by atoms with Crippen LogP contribution in [0.5, 0.6) is 5.75 Å². The molecule has 1 N–H and O–H groups in total. The lowest BCUT2D eigenvalue weighted by Gasteiger charge is -2.10. The molecule has 0 bridgehead atoms. The standard InChI is InChI=1S/C20H18BrCl2N3O2/c1-12-20(24-19(27)11-28-15-8-6-14(21)7-9-15)13(2)26(25-12)10-16-17(22)4-3-5-18(16)23/h3-9H,10-11H2,1-2H3,(H,24,27). The van der Waals surface area contributed by atoms with Crippen LogP contribution in [0, 0.1) is 13.8 Å². The molecule has 3 rings (SSSR count). The number of anilines is 1. The average Bonchev–Trinajstić information content (AvgIpc) is 2.92. The van der Waals surface area contributed by atoms with E-state index in [1.165, 1.54) is 0 Å². The summed E-state index contributed by atoms with van der Waals surface area (Å²) in [5.74, 6) is 0.361. The van der Waals surface area contributed by atoms with Gasteiger partial charge in [0.15, 0.2) is 6.61 Å². The zero-order chi connectivity index (χ0) is 20.3. The first-order valence-electron chi connectivity index (χ1n) is 8.50. The molecule has 0 spiro atoms. The second-order valence-corrected chi connectivity index (χ2v) is 7.92. The van der Waals surface area contributed by atoms with E-state index < -0.39 is 0 Å². The van der Waals surface area contributed by atoms with E-state index in [9.17, 15) is 4.79 Å². The van der Waals surface area contributed by atoms with Crippen LogP contribution >= 0.6 is 39.1 Å². The molecule has 1 heterocycles. The first kappa shape index (κ1) is 20.7. The Kier molecular flexibility index (Phi) is 6.65. The van der Waals surface area contributed by atoms with Gasteiger partial charge in [-0.3, -0.25) is 9.48 Å². The summed E-state index contributed by atoms with van der Waals surface area (Å²) in [7, 11) is 0. The first-order chi connectivity index (χ1) is 13.3. The largest absolute Gasteiger partial charge is 0.484 e. The molecule has 0 aliphatic heterocycles. The van der Waals surface area contributed by atoms with Crippen LogP contribution in [-0.4, -0.2) is 22.3 Å². The van der Waals surface area contributed by atoms with E-state index in [2.05, 4.69) is 26.3 Å². The Morgan fingerprint density at radius 2 is 1.79 bits per heavy atom. The molecule has 1 amide bonds. The molecule has 3 aromatic rings. The van der Waals surface area contributed by atoms with Crippen molar-refractivity contribution in [2.75, 3.05) is 11.9 Å². The van der Waals surface area contributed by atoms with Crippen molar-refractivity contribution in [3.63, 3.8) is 0 Å². The molecule has 0 aliphatic rings. The first-order valence-corrected chi connectivity index (χ1v) is 10.0. The Bertz CT molecular complexity index is 983. The maximum absolute atomic E-state index is 12.3. The predicted molar refractivity (Wildman–Crippen MR) is 116 cm³/mol. The summed E-state index contributed by atoms with van der Waals surface area (Å²) in [6.07, 6.45) is 0. The molecular formula is C20H18BrCl2N3O2. The molecule has 0 fully saturated rings. The number of aromatic nitrogens is 2. The number of rotatable bonds is 6. The number of carbonyl (C=O) groups excluding carboxylic acids is 1. The van der Waals surface area contributed by atoms with Crippen LogP contribution in [0.2, 0.25) is 10.0 Å². The maximum atomic E-state index is 12.3. The number of aryl methyl sites for hydroxylation is 1. The molecule has 0 unspecified atom stereocenters. The SMILES string of the molecule is Cc1nn(Cc2c(Cl)cccc2Cl)c(C)c1NC(=O)COc1ccc(Br)cc1. The second-order valence-electron chi connectivity index (χ2n) is 6.19. The molecule has 0 aliphatic carbocycles. The van der Waals surface area contributed by atoms with Crippen LogP contribution in [0.15, 0.2) is 46.9 Å². The van der Waals surface area contributed by atoms with Gasteiger partial charge in [-0.05, 0) is 50.2 Å². The highest BCUT2D eigenvalue weighted by Gasteiger charge is 2.16. The summed E-state index contributed by atoms with van der Waals surface area (Å²) < 4.78 is 8.23. The molecule has 0 saturated carbocycles. The highest BCUT2D eigenvalue weighted by atomic mass is 79.9. The van der Waals surface area contributed by atoms with E-state index in [1.807, 2.05) is 26.0 Å². The monoisotopic (exact) mass is 481 g/mol. The van der Waals surface area contributed by atoms with Gasteiger partial charge in [-0.25, -0.2) is 0 Å². The van der Waals surface area contributed by atoms with Gasteiger partial charge >= 0.3 is 0 Å². The van der Waals surface area contributed by atoms with Gasteiger partial charge in [0.1, 0.15) is 5.75 Å². The highest BCUT2D eigenvalue weighted by molar-refractivity contribution is 9.10. The Balaban J connectivity index is 1.69. The van der Waals surface area contributed by atoms with Gasteiger partial charge in [0.25, 0.3) is 5.91 Å². The second kappa shape index (κ2) is 8.99. The Morgan fingerprint density at radius 3 is 2.43 bits per heavy atom. The van der Waals surface area contributed by atoms with Crippen LogP contribution in [-0.2, 0) is 11.3 Å². The van der Waals surface area contributed by atoms with E-state index >= 15 is 0 Å². The van der Waals surface area contributed by atoms with Gasteiger partial charge in [0, 0.05) is 20.1 Å². The Morgan fingerprint density at radius 1 is 1.14 bits per heavy atom. The third kappa shape index (κ3) is 4.87. The fourth-order valence-corrected chi connectivity index (χ4v) is 3.50. The van der Waals surface area contributed by atoms with E-state index in [1.54, 1.807) is 35.0 Å². The van der Waals surface area contributed by atoms with Gasteiger partial charge in [0.2, 0.25) is 0 Å². The number of amides is 1. The van der Waals surface area contributed by atoms with Crippen molar-refractivity contribution in [3.8, 4) is 5.75 Å². The summed E-state index contributed by atoms with van der Waals surface area (Å²) in [6.45, 7) is 4.04. The van der Waals surface area contributed by atoms with Crippen molar-refractivity contribution in [2.24, 2.45) is 0 Å². The van der Waals surface area contributed by atoms with Crippen LogP contribution in [0.3, 0.4) is 0 Å². The van der Waals surface area contributed by atoms with Gasteiger partial charge in [-0.1, -0.05) is 45.2 Å². The number of halogens is 3. The van der Waals surface area contributed by atoms with Crippen LogP contribution < -0.4 is 10.1 Å². The maximum Gasteiger partial charge on any atom is 0.262 e. The molecule has 8 heteroatoms. The summed E-state index contributed by atoms with van der Waals surface area (Å²) in [5, 5.41) is 8.54. The molecule has 1 aromatic heterocycles. The molecular weight excluding hydrogens is 465 g/mol. The minimum Gasteiger partial charge on any atom is -0.484 e. The van der Waals surface area contributed by atoms with Crippen LogP contribution in [0.4, 0.5) is 5.69 Å². The van der Waals surface area contributed by atoms with Gasteiger partial charge in [0.05, 0.1) is 23.6 Å². The third-order valence-electron chi connectivity index (χ3n) is 4.20. The minimum absolute atomic E-state index is 0.0952. The number of benzene rings is 2. The molecule has 0 radical (unpaired) electrons. The fourth-order valence-electron chi connectivity index (χ4n) is 2.72. The Hall–Kier alpha value is -2.02. The average molecular weight is 483 g/mol. The van der Waals surface area contributed by atoms with Crippen molar-refractivity contribution < 1.29 is 9.53 Å². The summed E-state index contributed by atoms with van der Waals surface area (Å²) >= 11 is 15.9. The van der Waals surface area contributed by atoms with Crippen molar-refractivity contribution in [1.82, 2.24) is 9.78 Å². The Labute approximate surface area is 181 Å². The smallest absolute Gasteiger partial charge is 0.262 e. The van der Waals surface area contributed by atoms with Gasteiger partial charge in [-0.15, -0.1) is 0 Å². The van der Waals surface area contributed by atoms with E-state index in [4.69, 9.17) is 27.9 Å². The third-order valence-corrected chi connectivity index (χ3v) is 5.44. The molecule has 146 valence electrons. The molecule has 5 nitrogen and oxygen atoms in total. The fraction of sp³-hybridized carbons (Fsp3) is 0.200. The van der Waals surface area contributed by atoms with Crippen molar-refractivity contribution >= 4 is 50.7 Å². The lowest BCUT2D eigenvalue weighted by atomic mass is 10.2. The van der Waals surface area contributed by atoms with Gasteiger partial charge in [-0.2, -0.15) is 5.10 Å². The molecule has 0 atom stereocenters. The molecule has 2 aromatic carbocycles. The topological polar surface area (TPSA) is 56.2 Å². The van der Waals surface area contributed by atoms with E-state index in [0.29, 0.717) is 33.7 Å². The van der Waals surface area contributed by atoms with Crippen LogP contribution in [0.25, 0.3) is 0 Å². The lowest BCUT2D eigenvalue weighted by molar-refractivity contribution is -0.118. The zero-order valence-electron chi connectivity index (χ0n) is 15.3. The lowest BCUT2D eigenvalue weighted by Crippen LogP contribution is -2.21. The van der Waals surface area contributed by atoms with Crippen molar-refractivity contribution in [3.05, 3.63) is 73.9 Å². The zero-order valence-corrected chi connectivity index (χ0v) is 18.4. The predicted octanol–water partition coefficient (Wildman–Crippen LogP) is 5.64. The summed E-state index contributed by atoms with van der Waals surface area (Å²) in [6, 6.07) is 12.7. The normalized spacial score (nSPS) is 10.8. The van der Waals surface area contributed by atoms with Gasteiger partial charge < -0.3 is 10.1 Å². The number of hydrogen-bond acceptors (Lipinski definition) is 3. The highest BCUT2D eigenvalue weighted by Crippen LogP contribution is 2.27. The van der Waals surface area contributed by atoms with E-state index in [0.717, 1.165) is 15.7 Å². The number of nitrogens with one attached hydrogen (secondary N) is 1. The van der Waals surface area contributed by atoms with Crippen molar-refractivity contribution in [2.45, 2.75) is 20.4 Å². The minimum atomic E-state index is -0.260. The van der Waals surface area contributed by atoms with Crippen LogP contribution in [0.1, 0.15) is 17.0 Å². The molecule has 0 saturated heterocycles. The molecule has 28 heavy (non-hydrogen) atoms. The summed E-state index contributed by atoms with van der Waals surface area (Å²) in [5.41, 5.74) is 2.96. The number of ether oxygens (including phenoxy) is 1. The van der Waals surface area contributed by atoms with Crippen molar-refractivity contribution in [1.29, 1.82) is 0 Å².